The number of carbonyl (C=O) groups is 2. The van der Waals surface area contributed by atoms with Gasteiger partial charge in [-0.15, -0.1) is 0 Å². The molecule has 0 aliphatic carbocycles. The average Bonchev–Trinajstić information content (AvgIpc) is 3.40. The minimum absolute atomic E-state index is 0.0560. The number of hydrogen-bond acceptors (Lipinski definition) is 12. The number of carbonyl (C=O) groups excluding carboxylic acids is 2. The smallest absolute Gasteiger partial charge is 0.433 e. The monoisotopic (exact) mass is 608 g/mol. The number of rotatable bonds is 13. The largest absolute Gasteiger partial charge is 0.464 e. The van der Waals surface area contributed by atoms with Crippen LogP contribution in [0.25, 0.3) is 0 Å². The highest BCUT2D eigenvalue weighted by Crippen LogP contribution is 2.32. The Kier molecular flexibility index (Phi) is 10.6. The molecular weight excluding hydrogens is 577 g/mol. The summed E-state index contributed by atoms with van der Waals surface area (Å²) in [6.45, 7) is 7.00. The highest BCUT2D eigenvalue weighted by molar-refractivity contribution is 5.95. The van der Waals surface area contributed by atoms with Gasteiger partial charge in [0.2, 0.25) is 17.5 Å². The van der Waals surface area contributed by atoms with Gasteiger partial charge in [0.25, 0.3) is 0 Å². The third-order valence-electron chi connectivity index (χ3n) is 5.93. The molecule has 0 aliphatic rings. The van der Waals surface area contributed by atoms with Gasteiger partial charge in [0, 0.05) is 31.5 Å². The van der Waals surface area contributed by atoms with Gasteiger partial charge >= 0.3 is 23.8 Å². The van der Waals surface area contributed by atoms with Gasteiger partial charge in [0.1, 0.15) is 11.7 Å². The number of alkyl halides is 3. The fraction of sp³-hybridized carbons (Fsp3) is 0.462. The number of ether oxygens (including phenoxy) is 2. The zero-order valence-electron chi connectivity index (χ0n) is 24.1. The number of nitrogens with zero attached hydrogens (tertiary/aromatic N) is 7. The van der Waals surface area contributed by atoms with Crippen LogP contribution in [-0.2, 0) is 33.5 Å². The second kappa shape index (κ2) is 13.9. The van der Waals surface area contributed by atoms with Crippen molar-refractivity contribution in [1.82, 2.24) is 24.7 Å². The molecular formula is C26H31F3N8O6. The first-order valence-electron chi connectivity index (χ1n) is 13.1. The van der Waals surface area contributed by atoms with Gasteiger partial charge in [0.05, 0.1) is 30.9 Å². The van der Waals surface area contributed by atoms with Gasteiger partial charge in [-0.25, -0.2) is 9.59 Å². The Hall–Kier alpha value is -4.83. The van der Waals surface area contributed by atoms with Crippen LogP contribution in [0.1, 0.15) is 55.0 Å². The maximum atomic E-state index is 12.8. The van der Waals surface area contributed by atoms with Crippen molar-refractivity contribution in [3.05, 3.63) is 63.4 Å². The molecule has 0 aliphatic heterocycles. The first-order valence-corrected chi connectivity index (χ1v) is 13.1. The summed E-state index contributed by atoms with van der Waals surface area (Å²) in [5.74, 6) is -2.12. The predicted octanol–water partition coefficient (Wildman–Crippen LogP) is 3.86. The van der Waals surface area contributed by atoms with Crippen molar-refractivity contribution in [2.24, 2.45) is 5.92 Å². The Balaban J connectivity index is 1.85. The van der Waals surface area contributed by atoms with Crippen LogP contribution in [0.5, 0.6) is 0 Å². The van der Waals surface area contributed by atoms with Crippen molar-refractivity contribution >= 4 is 29.4 Å². The van der Waals surface area contributed by atoms with Crippen LogP contribution in [0.3, 0.4) is 0 Å². The number of anilines is 2. The summed E-state index contributed by atoms with van der Waals surface area (Å²) in [6, 6.07) is 1.18. The molecule has 0 aromatic carbocycles. The first-order chi connectivity index (χ1) is 20.2. The van der Waals surface area contributed by atoms with E-state index in [2.05, 4.69) is 25.4 Å². The molecule has 0 bridgehead atoms. The fourth-order valence-electron chi connectivity index (χ4n) is 3.63. The number of pyridine rings is 1. The topological polar surface area (TPSA) is 168 Å². The Bertz CT molecular complexity index is 1450. The molecule has 3 aromatic heterocycles. The number of esters is 2. The van der Waals surface area contributed by atoms with Crippen LogP contribution in [0, 0.1) is 16.0 Å². The quantitative estimate of drug-likeness (QED) is 0.169. The number of aromatic nitrogens is 5. The van der Waals surface area contributed by atoms with Gasteiger partial charge in [0.15, 0.2) is 0 Å². The lowest BCUT2D eigenvalue weighted by Gasteiger charge is -2.25. The molecule has 17 heteroatoms. The van der Waals surface area contributed by atoms with Gasteiger partial charge in [-0.2, -0.15) is 28.2 Å². The van der Waals surface area contributed by atoms with E-state index in [0.717, 1.165) is 12.3 Å². The normalized spacial score (nSPS) is 12.1. The van der Waals surface area contributed by atoms with Crippen molar-refractivity contribution in [1.29, 1.82) is 0 Å². The van der Waals surface area contributed by atoms with Crippen LogP contribution >= 0.6 is 0 Å². The molecule has 43 heavy (non-hydrogen) atoms. The molecule has 1 atom stereocenters. The highest BCUT2D eigenvalue weighted by atomic mass is 19.4. The Morgan fingerprint density at radius 1 is 1.14 bits per heavy atom. The van der Waals surface area contributed by atoms with Crippen molar-refractivity contribution < 1.29 is 37.2 Å². The van der Waals surface area contributed by atoms with Crippen molar-refractivity contribution in [2.45, 2.75) is 53.0 Å². The molecule has 0 saturated heterocycles. The number of halogens is 3. The summed E-state index contributed by atoms with van der Waals surface area (Å²) >= 11 is 0. The van der Waals surface area contributed by atoms with Gasteiger partial charge < -0.3 is 19.7 Å². The number of nitro groups is 1. The molecule has 0 radical (unpaired) electrons. The lowest BCUT2D eigenvalue weighted by Crippen LogP contribution is -2.39. The summed E-state index contributed by atoms with van der Waals surface area (Å²) in [4.78, 5) is 49.4. The summed E-state index contributed by atoms with van der Waals surface area (Å²) in [5.41, 5.74) is -1.27. The molecule has 3 heterocycles. The van der Waals surface area contributed by atoms with E-state index in [1.807, 2.05) is 13.8 Å². The summed E-state index contributed by atoms with van der Waals surface area (Å²) in [7, 11) is 1.40. The van der Waals surface area contributed by atoms with Gasteiger partial charge in [-0.05, 0) is 31.4 Å². The standard InChI is InChI=1S/C26H31F3N8O6/c1-6-42-24(39)20-21(37(40)41)22(35(5)16(4)23(38)43-14-15(2)3)34-25(33-20)31-10-18-11-32-36(13-18)12-17-7-8-19(30-9-17)26(27,28)29/h7-9,11,13,15-16H,6,10,12,14H2,1-5H3,(H,31,33,34)/t16-/m0/s1. The molecule has 3 rings (SSSR count). The van der Waals surface area contributed by atoms with Crippen LogP contribution in [0.2, 0.25) is 0 Å². The van der Waals surface area contributed by atoms with Crippen LogP contribution in [0.15, 0.2) is 30.7 Å². The minimum atomic E-state index is -4.54. The SMILES string of the molecule is CCOC(=O)c1nc(NCc2cnn(Cc3ccc(C(F)(F)F)nc3)c2)nc(N(C)[C@@H](C)C(=O)OCC(C)C)c1[N+](=O)[O-]. The van der Waals surface area contributed by atoms with Crippen molar-refractivity contribution in [3.63, 3.8) is 0 Å². The predicted molar refractivity (Wildman–Crippen MR) is 146 cm³/mol. The van der Waals surface area contributed by atoms with E-state index in [-0.39, 0.29) is 44.0 Å². The maximum Gasteiger partial charge on any atom is 0.433 e. The summed E-state index contributed by atoms with van der Waals surface area (Å²) in [6.07, 6.45) is -0.328. The van der Waals surface area contributed by atoms with E-state index in [0.29, 0.717) is 11.1 Å². The van der Waals surface area contributed by atoms with Gasteiger partial charge in [-0.1, -0.05) is 19.9 Å². The van der Waals surface area contributed by atoms with E-state index in [1.54, 1.807) is 6.20 Å². The molecule has 232 valence electrons. The van der Waals surface area contributed by atoms with E-state index < -0.39 is 46.2 Å². The van der Waals surface area contributed by atoms with E-state index >= 15 is 0 Å². The summed E-state index contributed by atoms with van der Waals surface area (Å²) < 4.78 is 50.0. The molecule has 3 aromatic rings. The van der Waals surface area contributed by atoms with Crippen LogP contribution < -0.4 is 10.2 Å². The zero-order valence-corrected chi connectivity index (χ0v) is 24.1. The lowest BCUT2D eigenvalue weighted by atomic mass is 10.2. The second-order valence-electron chi connectivity index (χ2n) is 9.81. The molecule has 0 fully saturated rings. The average molecular weight is 609 g/mol. The van der Waals surface area contributed by atoms with Crippen LogP contribution in [0.4, 0.5) is 30.6 Å². The first kappa shape index (κ1) is 32.7. The van der Waals surface area contributed by atoms with E-state index in [1.165, 1.54) is 42.7 Å². The Morgan fingerprint density at radius 3 is 2.44 bits per heavy atom. The molecule has 0 unspecified atom stereocenters. The van der Waals surface area contributed by atoms with Crippen molar-refractivity contribution in [2.75, 3.05) is 30.5 Å². The zero-order chi connectivity index (χ0) is 31.9. The highest BCUT2D eigenvalue weighted by Gasteiger charge is 2.35. The van der Waals surface area contributed by atoms with Crippen LogP contribution in [-0.4, -0.2) is 67.9 Å². The third kappa shape index (κ3) is 8.59. The number of nitrogens with one attached hydrogen (secondary N) is 1. The summed E-state index contributed by atoms with van der Waals surface area (Å²) in [5, 5.41) is 19.1. The van der Waals surface area contributed by atoms with Gasteiger partial charge in [-0.3, -0.25) is 19.8 Å². The molecule has 0 amide bonds. The molecule has 0 spiro atoms. The lowest BCUT2D eigenvalue weighted by molar-refractivity contribution is -0.384. The number of hydrogen-bond donors (Lipinski definition) is 1. The van der Waals surface area contributed by atoms with E-state index in [9.17, 15) is 32.9 Å². The van der Waals surface area contributed by atoms with Crippen molar-refractivity contribution in [3.8, 4) is 0 Å². The third-order valence-corrected chi connectivity index (χ3v) is 5.93. The minimum Gasteiger partial charge on any atom is -0.464 e. The Labute approximate surface area is 244 Å². The fourth-order valence-corrected chi connectivity index (χ4v) is 3.63. The number of likely N-dealkylation sites (N-methyl/N-ethyl adjacent to an activating group) is 1. The molecule has 1 N–H and O–H groups in total. The molecule has 0 saturated carbocycles. The maximum absolute atomic E-state index is 12.8. The van der Waals surface area contributed by atoms with E-state index in [4.69, 9.17) is 9.47 Å². The molecule has 14 nitrogen and oxygen atoms in total. The second-order valence-corrected chi connectivity index (χ2v) is 9.81. The Morgan fingerprint density at radius 2 is 1.86 bits per heavy atom.